The van der Waals surface area contributed by atoms with Gasteiger partial charge in [0, 0.05) is 43.9 Å². The van der Waals surface area contributed by atoms with Crippen molar-refractivity contribution in [1.29, 1.82) is 0 Å². The van der Waals surface area contributed by atoms with Gasteiger partial charge in [-0.05, 0) is 17.7 Å². The summed E-state index contributed by atoms with van der Waals surface area (Å²) in [5.74, 6) is 0.217. The molecule has 3 rings (SSSR count). The molecule has 0 unspecified atom stereocenters. The zero-order valence-corrected chi connectivity index (χ0v) is 14.5. The van der Waals surface area contributed by atoms with Crippen molar-refractivity contribution in [2.75, 3.05) is 26.8 Å². The van der Waals surface area contributed by atoms with Crippen molar-refractivity contribution < 1.29 is 13.2 Å². The van der Waals surface area contributed by atoms with Gasteiger partial charge in [-0.25, -0.2) is 12.7 Å². The van der Waals surface area contributed by atoms with Crippen LogP contribution in [0.15, 0.2) is 54.7 Å². The first-order valence-electron chi connectivity index (χ1n) is 8.02. The molecule has 24 heavy (non-hydrogen) atoms. The molecular formula is C18H22N2O3S. The maximum Gasteiger partial charge on any atom is 0.218 e. The lowest BCUT2D eigenvalue weighted by molar-refractivity contribution is 0.150. The maximum atomic E-state index is 12.8. The Bertz CT molecular complexity index is 750. The molecule has 1 saturated heterocycles. The van der Waals surface area contributed by atoms with Gasteiger partial charge in [-0.1, -0.05) is 36.4 Å². The molecule has 0 N–H and O–H groups in total. The zero-order chi connectivity index (χ0) is 17.0. The van der Waals surface area contributed by atoms with Crippen LogP contribution in [0.5, 0.6) is 0 Å². The van der Waals surface area contributed by atoms with Gasteiger partial charge in [0.25, 0.3) is 0 Å². The van der Waals surface area contributed by atoms with Crippen LogP contribution in [0.4, 0.5) is 0 Å². The molecule has 0 spiro atoms. The summed E-state index contributed by atoms with van der Waals surface area (Å²) in [6.07, 6.45) is 1.75. The van der Waals surface area contributed by atoms with Crippen molar-refractivity contribution in [3.8, 4) is 0 Å². The Morgan fingerprint density at radius 3 is 2.54 bits per heavy atom. The number of methoxy groups -OCH3 is 1. The molecule has 128 valence electrons. The highest BCUT2D eigenvalue weighted by Gasteiger charge is 2.39. The van der Waals surface area contributed by atoms with Crippen molar-refractivity contribution in [3.05, 3.63) is 66.0 Å². The highest BCUT2D eigenvalue weighted by Crippen LogP contribution is 2.34. The molecule has 2 atom stereocenters. The molecule has 0 radical (unpaired) electrons. The Hall–Kier alpha value is -1.76. The van der Waals surface area contributed by atoms with Gasteiger partial charge in [0.2, 0.25) is 10.0 Å². The molecule has 1 aliphatic rings. The normalized spacial score (nSPS) is 21.9. The van der Waals surface area contributed by atoms with Gasteiger partial charge < -0.3 is 4.74 Å². The fraction of sp³-hybridized carbons (Fsp3) is 0.389. The molecule has 0 saturated carbocycles. The lowest BCUT2D eigenvalue weighted by Gasteiger charge is -2.16. The highest BCUT2D eigenvalue weighted by molar-refractivity contribution is 7.88. The average Bonchev–Trinajstić information content (AvgIpc) is 3.02. The van der Waals surface area contributed by atoms with E-state index >= 15 is 0 Å². The van der Waals surface area contributed by atoms with E-state index in [1.807, 2.05) is 48.5 Å². The standard InChI is InChI=1S/C18H22N2O3S/c1-23-13-16-11-20(12-17(16)18-9-5-6-10-19-18)24(21,22)14-15-7-3-2-4-8-15/h2-10,16-17H,11-14H2,1H3/t16-,17+/m0/s1. The van der Waals surface area contributed by atoms with Gasteiger partial charge >= 0.3 is 0 Å². The van der Waals surface area contributed by atoms with Gasteiger partial charge in [0.05, 0.1) is 12.4 Å². The number of sulfonamides is 1. The molecule has 1 aromatic heterocycles. The Labute approximate surface area is 143 Å². The summed E-state index contributed by atoms with van der Waals surface area (Å²) < 4.78 is 32.5. The lowest BCUT2D eigenvalue weighted by atomic mass is 9.93. The fourth-order valence-corrected chi connectivity index (χ4v) is 4.85. The van der Waals surface area contributed by atoms with Gasteiger partial charge in [-0.3, -0.25) is 4.98 Å². The molecule has 0 amide bonds. The first-order chi connectivity index (χ1) is 11.6. The third-order valence-electron chi connectivity index (χ3n) is 4.44. The summed E-state index contributed by atoms with van der Waals surface area (Å²) in [6, 6.07) is 15.1. The number of hydrogen-bond donors (Lipinski definition) is 0. The van der Waals surface area contributed by atoms with Crippen LogP contribution in [0.1, 0.15) is 17.2 Å². The SMILES string of the molecule is COC[C@@H]1CN(S(=O)(=O)Cc2ccccc2)C[C@H]1c1ccccn1. The van der Waals surface area contributed by atoms with E-state index in [-0.39, 0.29) is 17.6 Å². The van der Waals surface area contributed by atoms with Crippen molar-refractivity contribution in [2.24, 2.45) is 5.92 Å². The minimum atomic E-state index is -3.36. The summed E-state index contributed by atoms with van der Waals surface area (Å²) in [6.45, 7) is 1.46. The first kappa shape index (κ1) is 17.1. The molecule has 2 aromatic rings. The molecule has 0 bridgehead atoms. The van der Waals surface area contributed by atoms with Gasteiger partial charge in [-0.15, -0.1) is 0 Å². The molecule has 1 fully saturated rings. The second-order valence-corrected chi connectivity index (χ2v) is 8.10. The van der Waals surface area contributed by atoms with Gasteiger partial charge in [-0.2, -0.15) is 0 Å². The van der Waals surface area contributed by atoms with Crippen molar-refractivity contribution in [3.63, 3.8) is 0 Å². The summed E-state index contributed by atoms with van der Waals surface area (Å²) in [7, 11) is -1.71. The van der Waals surface area contributed by atoms with E-state index in [0.29, 0.717) is 19.7 Å². The number of ether oxygens (including phenoxy) is 1. The predicted octanol–water partition coefficient (Wildman–Crippen LogP) is 2.27. The number of benzene rings is 1. The average molecular weight is 346 g/mol. The maximum absolute atomic E-state index is 12.8. The zero-order valence-electron chi connectivity index (χ0n) is 13.7. The van der Waals surface area contributed by atoms with E-state index < -0.39 is 10.0 Å². The molecule has 2 heterocycles. The fourth-order valence-electron chi connectivity index (χ4n) is 3.25. The van der Waals surface area contributed by atoms with Crippen LogP contribution in [-0.4, -0.2) is 44.5 Å². The highest BCUT2D eigenvalue weighted by atomic mass is 32.2. The van der Waals surface area contributed by atoms with Crippen molar-refractivity contribution >= 4 is 10.0 Å². The largest absolute Gasteiger partial charge is 0.384 e. The molecular weight excluding hydrogens is 324 g/mol. The van der Waals surface area contributed by atoms with E-state index in [4.69, 9.17) is 4.74 Å². The number of hydrogen-bond acceptors (Lipinski definition) is 4. The number of aromatic nitrogens is 1. The van der Waals surface area contributed by atoms with E-state index in [1.54, 1.807) is 17.6 Å². The monoisotopic (exact) mass is 346 g/mol. The second-order valence-electron chi connectivity index (χ2n) is 6.14. The summed E-state index contributed by atoms with van der Waals surface area (Å²) in [5, 5.41) is 0. The number of pyridine rings is 1. The third-order valence-corrected chi connectivity index (χ3v) is 6.22. The Balaban J connectivity index is 1.79. The minimum Gasteiger partial charge on any atom is -0.384 e. The van der Waals surface area contributed by atoms with E-state index in [2.05, 4.69) is 4.98 Å². The van der Waals surface area contributed by atoms with Crippen LogP contribution in [0.2, 0.25) is 0 Å². The lowest BCUT2D eigenvalue weighted by Crippen LogP contribution is -2.30. The van der Waals surface area contributed by atoms with Crippen LogP contribution in [0.3, 0.4) is 0 Å². The smallest absolute Gasteiger partial charge is 0.218 e. The Kier molecular flexibility index (Phi) is 5.28. The Morgan fingerprint density at radius 2 is 1.88 bits per heavy atom. The first-order valence-corrected chi connectivity index (χ1v) is 9.62. The molecule has 5 nitrogen and oxygen atoms in total. The van der Waals surface area contributed by atoms with Crippen LogP contribution in [0.25, 0.3) is 0 Å². The molecule has 6 heteroatoms. The van der Waals surface area contributed by atoms with Crippen molar-refractivity contribution in [1.82, 2.24) is 9.29 Å². The molecule has 1 aliphatic heterocycles. The minimum absolute atomic E-state index is 0.0302. The number of nitrogens with zero attached hydrogens (tertiary/aromatic N) is 2. The summed E-state index contributed by atoms with van der Waals surface area (Å²) in [5.41, 5.74) is 1.74. The summed E-state index contributed by atoms with van der Waals surface area (Å²) >= 11 is 0. The van der Waals surface area contributed by atoms with E-state index in [0.717, 1.165) is 11.3 Å². The quantitative estimate of drug-likeness (QED) is 0.805. The van der Waals surface area contributed by atoms with E-state index in [9.17, 15) is 8.42 Å². The Morgan fingerprint density at radius 1 is 1.12 bits per heavy atom. The second kappa shape index (κ2) is 7.42. The summed E-state index contributed by atoms with van der Waals surface area (Å²) in [4.78, 5) is 4.42. The van der Waals surface area contributed by atoms with E-state index in [1.165, 1.54) is 0 Å². The van der Waals surface area contributed by atoms with Crippen LogP contribution in [-0.2, 0) is 20.5 Å². The van der Waals surface area contributed by atoms with Crippen LogP contribution < -0.4 is 0 Å². The third kappa shape index (κ3) is 3.83. The topological polar surface area (TPSA) is 59.5 Å². The van der Waals surface area contributed by atoms with Gasteiger partial charge in [0.15, 0.2) is 0 Å². The van der Waals surface area contributed by atoms with Crippen molar-refractivity contribution in [2.45, 2.75) is 11.7 Å². The van der Waals surface area contributed by atoms with Crippen LogP contribution >= 0.6 is 0 Å². The van der Waals surface area contributed by atoms with Gasteiger partial charge in [0.1, 0.15) is 0 Å². The molecule has 0 aliphatic carbocycles. The number of rotatable bonds is 6. The predicted molar refractivity (Wildman–Crippen MR) is 93.0 cm³/mol. The van der Waals surface area contributed by atoms with Crippen LogP contribution in [0, 0.1) is 5.92 Å². The molecule has 1 aromatic carbocycles.